The highest BCUT2D eigenvalue weighted by molar-refractivity contribution is 5.80. The van der Waals surface area contributed by atoms with Crippen molar-refractivity contribution in [3.8, 4) is 0 Å². The molecule has 0 aromatic heterocycles. The molecule has 2 amide bonds. The molecule has 4 N–H and O–H groups in total. The SMILES string of the molecule is CCCCC(=O)NCC(O)C(N)=O. The monoisotopic (exact) mass is 188 g/mol. The number of amides is 2. The Hall–Kier alpha value is -1.10. The molecule has 76 valence electrons. The fourth-order valence-corrected chi connectivity index (χ4v) is 0.737. The number of carbonyl (C=O) groups is 2. The number of aliphatic hydroxyl groups is 1. The largest absolute Gasteiger partial charge is 0.381 e. The predicted octanol–water partition coefficient (Wildman–Crippen LogP) is -0.861. The van der Waals surface area contributed by atoms with Gasteiger partial charge in [0.15, 0.2) is 0 Å². The van der Waals surface area contributed by atoms with Gasteiger partial charge in [0.1, 0.15) is 6.10 Å². The summed E-state index contributed by atoms with van der Waals surface area (Å²) in [4.78, 5) is 21.3. The lowest BCUT2D eigenvalue weighted by Crippen LogP contribution is -2.39. The van der Waals surface area contributed by atoms with Gasteiger partial charge in [-0.1, -0.05) is 13.3 Å². The lowest BCUT2D eigenvalue weighted by Gasteiger charge is -2.07. The summed E-state index contributed by atoms with van der Waals surface area (Å²) in [5, 5.41) is 11.3. The van der Waals surface area contributed by atoms with Crippen LogP contribution in [-0.2, 0) is 9.59 Å². The molecule has 0 aliphatic carbocycles. The molecule has 0 saturated carbocycles. The second kappa shape index (κ2) is 6.42. The van der Waals surface area contributed by atoms with Gasteiger partial charge in [-0.2, -0.15) is 0 Å². The fourth-order valence-electron chi connectivity index (χ4n) is 0.737. The van der Waals surface area contributed by atoms with Gasteiger partial charge < -0.3 is 16.2 Å². The molecule has 0 radical (unpaired) electrons. The summed E-state index contributed by atoms with van der Waals surface area (Å²) in [7, 11) is 0. The molecule has 0 aliphatic heterocycles. The number of hydrogen-bond acceptors (Lipinski definition) is 3. The van der Waals surface area contributed by atoms with E-state index < -0.39 is 12.0 Å². The second-order valence-electron chi connectivity index (χ2n) is 2.83. The van der Waals surface area contributed by atoms with E-state index in [0.717, 1.165) is 12.8 Å². The van der Waals surface area contributed by atoms with E-state index in [1.54, 1.807) is 0 Å². The first-order valence-corrected chi connectivity index (χ1v) is 4.32. The van der Waals surface area contributed by atoms with Crippen LogP contribution in [0.5, 0.6) is 0 Å². The number of carbonyl (C=O) groups excluding carboxylic acids is 2. The standard InChI is InChI=1S/C8H16N2O3/c1-2-3-4-7(12)10-5-6(11)8(9)13/h6,11H,2-5H2,1H3,(H2,9,13)(H,10,12). The summed E-state index contributed by atoms with van der Waals surface area (Å²) in [6.07, 6.45) is 0.872. The predicted molar refractivity (Wildman–Crippen MR) is 47.7 cm³/mol. The van der Waals surface area contributed by atoms with Gasteiger partial charge >= 0.3 is 0 Å². The van der Waals surface area contributed by atoms with Crippen LogP contribution >= 0.6 is 0 Å². The number of primary amides is 1. The molecular weight excluding hydrogens is 172 g/mol. The fraction of sp³-hybridized carbons (Fsp3) is 0.750. The molecule has 0 aromatic rings. The van der Waals surface area contributed by atoms with E-state index in [1.807, 2.05) is 6.92 Å². The van der Waals surface area contributed by atoms with Gasteiger partial charge in [-0.05, 0) is 6.42 Å². The van der Waals surface area contributed by atoms with E-state index in [0.29, 0.717) is 6.42 Å². The van der Waals surface area contributed by atoms with Crippen molar-refractivity contribution in [1.82, 2.24) is 5.32 Å². The number of unbranched alkanes of at least 4 members (excludes halogenated alkanes) is 1. The number of nitrogens with one attached hydrogen (secondary N) is 1. The van der Waals surface area contributed by atoms with Gasteiger partial charge in [-0.25, -0.2) is 0 Å². The van der Waals surface area contributed by atoms with Crippen molar-refractivity contribution in [2.24, 2.45) is 5.73 Å². The topological polar surface area (TPSA) is 92.4 Å². The third-order valence-electron chi connectivity index (χ3n) is 1.58. The maximum Gasteiger partial charge on any atom is 0.248 e. The zero-order valence-corrected chi connectivity index (χ0v) is 7.75. The normalized spacial score (nSPS) is 12.2. The van der Waals surface area contributed by atoms with Crippen molar-refractivity contribution in [2.45, 2.75) is 32.3 Å². The Balaban J connectivity index is 3.52. The van der Waals surface area contributed by atoms with Crippen LogP contribution in [0.3, 0.4) is 0 Å². The molecule has 1 atom stereocenters. The van der Waals surface area contributed by atoms with E-state index in [1.165, 1.54) is 0 Å². The summed E-state index contributed by atoms with van der Waals surface area (Å²) in [5.74, 6) is -0.988. The first-order valence-electron chi connectivity index (χ1n) is 4.32. The molecule has 5 nitrogen and oxygen atoms in total. The third kappa shape index (κ3) is 6.10. The quantitative estimate of drug-likeness (QED) is 0.506. The molecule has 5 heteroatoms. The number of rotatable bonds is 6. The Morgan fingerprint density at radius 2 is 2.15 bits per heavy atom. The highest BCUT2D eigenvalue weighted by Crippen LogP contribution is 1.92. The smallest absolute Gasteiger partial charge is 0.248 e. The molecule has 0 heterocycles. The van der Waals surface area contributed by atoms with E-state index in [2.05, 4.69) is 5.32 Å². The van der Waals surface area contributed by atoms with E-state index >= 15 is 0 Å². The van der Waals surface area contributed by atoms with Gasteiger partial charge in [0, 0.05) is 6.42 Å². The number of nitrogens with two attached hydrogens (primary N) is 1. The number of hydrogen-bond donors (Lipinski definition) is 3. The van der Waals surface area contributed by atoms with Gasteiger partial charge in [-0.15, -0.1) is 0 Å². The Morgan fingerprint density at radius 3 is 2.62 bits per heavy atom. The highest BCUT2D eigenvalue weighted by atomic mass is 16.3. The first-order chi connectivity index (χ1) is 6.07. The average Bonchev–Trinajstić information content (AvgIpc) is 2.10. The lowest BCUT2D eigenvalue weighted by molar-refractivity contribution is -0.127. The van der Waals surface area contributed by atoms with E-state index in [4.69, 9.17) is 10.8 Å². The zero-order valence-electron chi connectivity index (χ0n) is 7.75. The van der Waals surface area contributed by atoms with Crippen molar-refractivity contribution in [1.29, 1.82) is 0 Å². The molecule has 1 unspecified atom stereocenters. The molecule has 0 fully saturated rings. The van der Waals surface area contributed by atoms with Gasteiger partial charge in [0.2, 0.25) is 11.8 Å². The summed E-state index contributed by atoms with van der Waals surface area (Å²) in [6, 6.07) is 0. The van der Waals surface area contributed by atoms with E-state index in [-0.39, 0.29) is 12.5 Å². The van der Waals surface area contributed by atoms with Crippen LogP contribution in [0, 0.1) is 0 Å². The maximum atomic E-state index is 11.0. The van der Waals surface area contributed by atoms with Crippen LogP contribution in [0.4, 0.5) is 0 Å². The maximum absolute atomic E-state index is 11.0. The van der Waals surface area contributed by atoms with Crippen molar-refractivity contribution in [3.05, 3.63) is 0 Å². The van der Waals surface area contributed by atoms with Crippen LogP contribution in [0.15, 0.2) is 0 Å². The third-order valence-corrected chi connectivity index (χ3v) is 1.58. The van der Waals surface area contributed by atoms with Gasteiger partial charge in [0.05, 0.1) is 6.54 Å². The highest BCUT2D eigenvalue weighted by Gasteiger charge is 2.11. The second-order valence-corrected chi connectivity index (χ2v) is 2.83. The van der Waals surface area contributed by atoms with Gasteiger partial charge in [-0.3, -0.25) is 9.59 Å². The Morgan fingerprint density at radius 1 is 1.54 bits per heavy atom. The molecular formula is C8H16N2O3. The molecule has 0 aliphatic rings. The summed E-state index contributed by atoms with van der Waals surface area (Å²) < 4.78 is 0. The summed E-state index contributed by atoms with van der Waals surface area (Å²) >= 11 is 0. The molecule has 0 rings (SSSR count). The first kappa shape index (κ1) is 11.9. The lowest BCUT2D eigenvalue weighted by atomic mass is 10.2. The molecule has 13 heavy (non-hydrogen) atoms. The molecule has 0 bridgehead atoms. The van der Waals surface area contributed by atoms with Crippen LogP contribution in [0.1, 0.15) is 26.2 Å². The summed E-state index contributed by atoms with van der Waals surface area (Å²) in [6.45, 7) is 1.88. The summed E-state index contributed by atoms with van der Waals surface area (Å²) in [5.41, 5.74) is 4.78. The Bertz CT molecular complexity index is 182. The van der Waals surface area contributed by atoms with Crippen molar-refractivity contribution >= 4 is 11.8 Å². The zero-order chi connectivity index (χ0) is 10.3. The molecule has 0 saturated heterocycles. The van der Waals surface area contributed by atoms with E-state index in [9.17, 15) is 9.59 Å². The van der Waals surface area contributed by atoms with Crippen molar-refractivity contribution < 1.29 is 14.7 Å². The minimum absolute atomic E-state index is 0.0993. The average molecular weight is 188 g/mol. The van der Waals surface area contributed by atoms with Crippen molar-refractivity contribution in [3.63, 3.8) is 0 Å². The number of aliphatic hydroxyl groups excluding tert-OH is 1. The Labute approximate surface area is 77.3 Å². The molecule has 0 spiro atoms. The molecule has 0 aromatic carbocycles. The van der Waals surface area contributed by atoms with Crippen LogP contribution < -0.4 is 11.1 Å². The van der Waals surface area contributed by atoms with Gasteiger partial charge in [0.25, 0.3) is 0 Å². The van der Waals surface area contributed by atoms with Crippen molar-refractivity contribution in [2.75, 3.05) is 6.54 Å². The van der Waals surface area contributed by atoms with Crippen LogP contribution in [0.25, 0.3) is 0 Å². The minimum atomic E-state index is -1.29. The Kier molecular flexibility index (Phi) is 5.88. The van der Waals surface area contributed by atoms with Crippen LogP contribution in [-0.4, -0.2) is 29.6 Å². The van der Waals surface area contributed by atoms with Crippen LogP contribution in [0.2, 0.25) is 0 Å². The minimum Gasteiger partial charge on any atom is -0.381 e.